The van der Waals surface area contributed by atoms with Crippen molar-refractivity contribution < 1.29 is 4.79 Å². The number of nitrogens with one attached hydrogen (secondary N) is 1. The summed E-state index contributed by atoms with van der Waals surface area (Å²) in [5.74, 6) is -0.0573. The first-order valence-corrected chi connectivity index (χ1v) is 3.54. The number of hydrogen-bond donors (Lipinski definition) is 1. The molecule has 0 aliphatic carbocycles. The van der Waals surface area contributed by atoms with Crippen LogP contribution in [-0.4, -0.2) is 22.4 Å². The molecule has 0 radical (unpaired) electrons. The van der Waals surface area contributed by atoms with Crippen LogP contribution in [0.1, 0.15) is 17.4 Å². The molecule has 0 aliphatic rings. The standard InChI is InChI=1S/C5H7N3OS/c1-3(9)4-5(6-2)10-8-7-4/h6H,1-2H3. The van der Waals surface area contributed by atoms with E-state index in [-0.39, 0.29) is 5.78 Å². The van der Waals surface area contributed by atoms with Crippen LogP contribution >= 0.6 is 11.5 Å². The Balaban J connectivity index is 3.01. The molecule has 10 heavy (non-hydrogen) atoms. The minimum Gasteiger partial charge on any atom is -0.377 e. The highest BCUT2D eigenvalue weighted by Gasteiger charge is 2.09. The normalized spacial score (nSPS) is 9.40. The van der Waals surface area contributed by atoms with E-state index < -0.39 is 0 Å². The summed E-state index contributed by atoms with van der Waals surface area (Å²) in [7, 11) is 1.74. The molecule has 0 atom stereocenters. The van der Waals surface area contributed by atoms with Crippen LogP contribution in [-0.2, 0) is 0 Å². The van der Waals surface area contributed by atoms with Crippen molar-refractivity contribution in [1.82, 2.24) is 9.59 Å². The number of hydrogen-bond acceptors (Lipinski definition) is 5. The first kappa shape index (κ1) is 7.14. The third-order valence-corrected chi connectivity index (χ3v) is 1.79. The SMILES string of the molecule is CNc1snnc1C(C)=O. The molecular weight excluding hydrogens is 150 g/mol. The number of carbonyl (C=O) groups is 1. The highest BCUT2D eigenvalue weighted by Crippen LogP contribution is 2.16. The fraction of sp³-hybridized carbons (Fsp3) is 0.400. The van der Waals surface area contributed by atoms with Crippen LogP contribution in [0.2, 0.25) is 0 Å². The van der Waals surface area contributed by atoms with E-state index in [4.69, 9.17) is 0 Å². The Morgan fingerprint density at radius 1 is 1.70 bits per heavy atom. The number of ketones is 1. The molecular formula is C5H7N3OS. The Kier molecular flexibility index (Phi) is 1.96. The van der Waals surface area contributed by atoms with E-state index in [1.54, 1.807) is 7.05 Å². The molecule has 1 N–H and O–H groups in total. The van der Waals surface area contributed by atoms with Gasteiger partial charge in [0.2, 0.25) is 0 Å². The first-order chi connectivity index (χ1) is 4.75. The third kappa shape index (κ3) is 1.13. The maximum atomic E-state index is 10.8. The van der Waals surface area contributed by atoms with Gasteiger partial charge in [-0.2, -0.15) is 0 Å². The zero-order valence-electron chi connectivity index (χ0n) is 5.71. The van der Waals surface area contributed by atoms with Gasteiger partial charge < -0.3 is 5.32 Å². The van der Waals surface area contributed by atoms with E-state index in [9.17, 15) is 4.79 Å². The van der Waals surface area contributed by atoms with E-state index in [1.165, 1.54) is 18.5 Å². The lowest BCUT2D eigenvalue weighted by molar-refractivity contribution is 0.101. The van der Waals surface area contributed by atoms with Crippen LogP contribution in [0.15, 0.2) is 0 Å². The Labute approximate surface area is 62.4 Å². The molecule has 54 valence electrons. The van der Waals surface area contributed by atoms with E-state index >= 15 is 0 Å². The van der Waals surface area contributed by atoms with Crippen molar-refractivity contribution in [3.8, 4) is 0 Å². The highest BCUT2D eigenvalue weighted by molar-refractivity contribution is 7.10. The topological polar surface area (TPSA) is 54.9 Å². The smallest absolute Gasteiger partial charge is 0.183 e. The van der Waals surface area contributed by atoms with Gasteiger partial charge >= 0.3 is 0 Å². The number of anilines is 1. The average Bonchev–Trinajstić information content (AvgIpc) is 2.33. The molecule has 0 saturated heterocycles. The average molecular weight is 157 g/mol. The second-order valence-corrected chi connectivity index (χ2v) is 2.51. The maximum absolute atomic E-state index is 10.8. The molecule has 0 aliphatic heterocycles. The maximum Gasteiger partial charge on any atom is 0.183 e. The van der Waals surface area contributed by atoms with Crippen molar-refractivity contribution in [2.45, 2.75) is 6.92 Å². The Bertz CT molecular complexity index is 245. The zero-order chi connectivity index (χ0) is 7.56. The van der Waals surface area contributed by atoms with Crippen molar-refractivity contribution in [2.75, 3.05) is 12.4 Å². The highest BCUT2D eigenvalue weighted by atomic mass is 32.1. The van der Waals surface area contributed by atoms with Crippen molar-refractivity contribution in [3.63, 3.8) is 0 Å². The van der Waals surface area contributed by atoms with Gasteiger partial charge in [-0.3, -0.25) is 4.79 Å². The fourth-order valence-corrected chi connectivity index (χ4v) is 1.15. The number of Topliss-reactive ketones (excluding diaryl/α,β-unsaturated/α-hetero) is 1. The van der Waals surface area contributed by atoms with Crippen molar-refractivity contribution >= 4 is 22.3 Å². The number of aromatic nitrogens is 2. The molecule has 1 heterocycles. The second kappa shape index (κ2) is 2.74. The van der Waals surface area contributed by atoms with Crippen LogP contribution in [0.5, 0.6) is 0 Å². The summed E-state index contributed by atoms with van der Waals surface area (Å²) in [6.07, 6.45) is 0. The molecule has 0 amide bonds. The molecule has 0 spiro atoms. The molecule has 1 rings (SSSR count). The lowest BCUT2D eigenvalue weighted by Crippen LogP contribution is -1.97. The van der Waals surface area contributed by atoms with Crippen molar-refractivity contribution in [2.24, 2.45) is 0 Å². The minimum atomic E-state index is -0.0573. The predicted molar refractivity (Wildman–Crippen MR) is 39.5 cm³/mol. The van der Waals surface area contributed by atoms with Crippen LogP contribution in [0.4, 0.5) is 5.00 Å². The Morgan fingerprint density at radius 2 is 2.40 bits per heavy atom. The van der Waals surface area contributed by atoms with Gasteiger partial charge in [0.05, 0.1) is 0 Å². The summed E-state index contributed by atoms with van der Waals surface area (Å²) >= 11 is 1.18. The summed E-state index contributed by atoms with van der Waals surface area (Å²) in [5, 5.41) is 7.20. The fourth-order valence-electron chi connectivity index (χ4n) is 0.585. The zero-order valence-corrected chi connectivity index (χ0v) is 6.53. The van der Waals surface area contributed by atoms with Gasteiger partial charge in [0, 0.05) is 25.5 Å². The molecule has 0 aromatic carbocycles. The summed E-state index contributed by atoms with van der Waals surface area (Å²) in [5.41, 5.74) is 0.424. The van der Waals surface area contributed by atoms with Gasteiger partial charge in [0.15, 0.2) is 11.5 Å². The third-order valence-electron chi connectivity index (χ3n) is 1.05. The van der Waals surface area contributed by atoms with Gasteiger partial charge in [-0.25, -0.2) is 0 Å². The van der Waals surface area contributed by atoms with E-state index in [0.717, 1.165) is 5.00 Å². The quantitative estimate of drug-likeness (QED) is 0.644. The summed E-state index contributed by atoms with van der Waals surface area (Å²) in [6.45, 7) is 1.47. The molecule has 1 aromatic rings. The van der Waals surface area contributed by atoms with Crippen molar-refractivity contribution in [1.29, 1.82) is 0 Å². The van der Waals surface area contributed by atoms with Gasteiger partial charge in [0.25, 0.3) is 0 Å². The minimum absolute atomic E-state index is 0.0573. The summed E-state index contributed by atoms with van der Waals surface area (Å²) in [6, 6.07) is 0. The van der Waals surface area contributed by atoms with Crippen molar-refractivity contribution in [3.05, 3.63) is 5.69 Å². The molecule has 0 bridgehead atoms. The second-order valence-electron chi connectivity index (χ2n) is 1.76. The number of nitrogens with zero attached hydrogens (tertiary/aromatic N) is 2. The van der Waals surface area contributed by atoms with Gasteiger partial charge in [0.1, 0.15) is 5.00 Å². The molecule has 1 aromatic heterocycles. The predicted octanol–water partition coefficient (Wildman–Crippen LogP) is 0.782. The Morgan fingerprint density at radius 3 is 2.80 bits per heavy atom. The van der Waals surface area contributed by atoms with Gasteiger partial charge in [-0.1, -0.05) is 4.49 Å². The molecule has 0 unspecified atom stereocenters. The van der Waals surface area contributed by atoms with E-state index in [2.05, 4.69) is 14.9 Å². The molecule has 4 nitrogen and oxygen atoms in total. The first-order valence-electron chi connectivity index (χ1n) is 2.76. The lowest BCUT2D eigenvalue weighted by Gasteiger charge is -1.91. The van der Waals surface area contributed by atoms with Crippen LogP contribution < -0.4 is 5.32 Å². The van der Waals surface area contributed by atoms with E-state index in [0.29, 0.717) is 5.69 Å². The number of carbonyl (C=O) groups excluding carboxylic acids is 1. The number of rotatable bonds is 2. The van der Waals surface area contributed by atoms with E-state index in [1.807, 2.05) is 0 Å². The van der Waals surface area contributed by atoms with Gasteiger partial charge in [-0.05, 0) is 0 Å². The van der Waals surface area contributed by atoms with Crippen LogP contribution in [0.3, 0.4) is 0 Å². The molecule has 0 fully saturated rings. The van der Waals surface area contributed by atoms with Crippen LogP contribution in [0.25, 0.3) is 0 Å². The summed E-state index contributed by atoms with van der Waals surface area (Å²) < 4.78 is 3.62. The largest absolute Gasteiger partial charge is 0.377 e. The molecule has 5 heteroatoms. The lowest BCUT2D eigenvalue weighted by atomic mass is 10.3. The molecule has 0 saturated carbocycles. The van der Waals surface area contributed by atoms with Crippen LogP contribution in [0, 0.1) is 0 Å². The monoisotopic (exact) mass is 157 g/mol. The Hall–Kier alpha value is -0.970. The van der Waals surface area contributed by atoms with Gasteiger partial charge in [-0.15, -0.1) is 5.10 Å². The summed E-state index contributed by atoms with van der Waals surface area (Å²) in [4.78, 5) is 10.8.